The van der Waals surface area contributed by atoms with Crippen LogP contribution >= 0.6 is 0 Å². The molecule has 0 saturated carbocycles. The van der Waals surface area contributed by atoms with Crippen LogP contribution in [0, 0.1) is 0 Å². The largest absolute Gasteiger partial charge is 0.372 e. The summed E-state index contributed by atoms with van der Waals surface area (Å²) in [6.07, 6.45) is 3.86. The molecule has 6 nitrogen and oxygen atoms in total. The molecule has 3 rings (SSSR count). The molecule has 6 heteroatoms. The summed E-state index contributed by atoms with van der Waals surface area (Å²) in [5.74, 6) is 0.929. The molecule has 2 aromatic heterocycles. The Kier molecular flexibility index (Phi) is 5.28. The van der Waals surface area contributed by atoms with E-state index in [1.54, 1.807) is 14.2 Å². The van der Waals surface area contributed by atoms with E-state index in [1.807, 2.05) is 24.4 Å². The Morgan fingerprint density at radius 3 is 2.84 bits per heavy atom. The lowest BCUT2D eigenvalue weighted by molar-refractivity contribution is -0.131. The quantitative estimate of drug-likeness (QED) is 0.718. The third-order valence-electron chi connectivity index (χ3n) is 4.47. The maximum Gasteiger partial charge on any atom is 0.248 e. The smallest absolute Gasteiger partial charge is 0.248 e. The summed E-state index contributed by atoms with van der Waals surface area (Å²) in [4.78, 5) is 21.2. The van der Waals surface area contributed by atoms with Gasteiger partial charge in [0.05, 0.1) is 17.2 Å². The first kappa shape index (κ1) is 17.4. The second kappa shape index (κ2) is 7.61. The Hall–Kier alpha value is -2.47. The number of nitrogens with zero attached hydrogens (tertiary/aromatic N) is 3. The van der Waals surface area contributed by atoms with Crippen molar-refractivity contribution in [2.24, 2.45) is 0 Å². The number of benzene rings is 1. The van der Waals surface area contributed by atoms with Gasteiger partial charge in [0.1, 0.15) is 17.4 Å². The fraction of sp³-hybridized carbons (Fsp3) is 0.421. The molecule has 0 fully saturated rings. The number of hydrogen-bond donors (Lipinski definition) is 1. The minimum Gasteiger partial charge on any atom is -0.372 e. The monoisotopic (exact) mass is 340 g/mol. The van der Waals surface area contributed by atoms with E-state index in [-0.39, 0.29) is 5.91 Å². The van der Waals surface area contributed by atoms with Crippen molar-refractivity contribution in [2.45, 2.75) is 38.8 Å². The number of aromatic nitrogens is 3. The number of imidazole rings is 1. The van der Waals surface area contributed by atoms with Crippen LogP contribution in [0.4, 0.5) is 0 Å². The van der Waals surface area contributed by atoms with Crippen LogP contribution in [0.2, 0.25) is 0 Å². The van der Waals surface area contributed by atoms with E-state index in [0.717, 1.165) is 40.6 Å². The fourth-order valence-corrected chi connectivity index (χ4v) is 3.23. The van der Waals surface area contributed by atoms with Gasteiger partial charge in [-0.3, -0.25) is 9.78 Å². The lowest BCUT2D eigenvalue weighted by Gasteiger charge is -2.16. The first-order valence-electron chi connectivity index (χ1n) is 8.66. The molecule has 1 aromatic carbocycles. The van der Waals surface area contributed by atoms with Crippen LogP contribution in [0.3, 0.4) is 0 Å². The second-order valence-electron chi connectivity index (χ2n) is 6.07. The zero-order valence-electron chi connectivity index (χ0n) is 15.0. The molecule has 25 heavy (non-hydrogen) atoms. The Morgan fingerprint density at radius 2 is 2.12 bits per heavy atom. The number of ether oxygens (including phenoxy) is 1. The molecule has 1 N–H and O–H groups in total. The average Bonchev–Trinajstić information content (AvgIpc) is 3.00. The highest BCUT2D eigenvalue weighted by atomic mass is 16.5. The van der Waals surface area contributed by atoms with Crippen molar-refractivity contribution in [3.63, 3.8) is 0 Å². The molecule has 2 heterocycles. The predicted molar refractivity (Wildman–Crippen MR) is 98.5 cm³/mol. The molecule has 0 aliphatic carbocycles. The Balaban J connectivity index is 2.06. The highest BCUT2D eigenvalue weighted by Gasteiger charge is 2.19. The molecule has 1 atom stereocenters. The number of likely N-dealkylation sites (N-methyl/N-ethyl adjacent to an activating group) is 1. The van der Waals surface area contributed by atoms with Crippen LogP contribution in [0.25, 0.3) is 21.9 Å². The minimum atomic E-state index is -0.468. The van der Waals surface area contributed by atoms with Gasteiger partial charge >= 0.3 is 0 Å². The first-order valence-corrected chi connectivity index (χ1v) is 8.66. The van der Waals surface area contributed by atoms with Gasteiger partial charge in [0.25, 0.3) is 0 Å². The van der Waals surface area contributed by atoms with Gasteiger partial charge in [0.2, 0.25) is 5.91 Å². The van der Waals surface area contributed by atoms with Crippen LogP contribution in [0.5, 0.6) is 0 Å². The number of pyridine rings is 1. The van der Waals surface area contributed by atoms with Gasteiger partial charge in [0.15, 0.2) is 0 Å². The molecule has 1 unspecified atom stereocenters. The van der Waals surface area contributed by atoms with Gasteiger partial charge < -0.3 is 14.6 Å². The summed E-state index contributed by atoms with van der Waals surface area (Å²) >= 11 is 0. The number of aryl methyl sites for hydroxylation is 2. The number of carbonyl (C=O) groups excluding carboxylic acids is 1. The number of hydrogen-bond acceptors (Lipinski definition) is 4. The predicted octanol–water partition coefficient (Wildman–Crippen LogP) is 2.69. The van der Waals surface area contributed by atoms with Crippen LogP contribution < -0.4 is 5.32 Å². The lowest BCUT2D eigenvalue weighted by atomic mass is 10.2. The van der Waals surface area contributed by atoms with Crippen molar-refractivity contribution in [1.29, 1.82) is 0 Å². The van der Waals surface area contributed by atoms with E-state index in [4.69, 9.17) is 9.72 Å². The Bertz CT molecular complexity index is 888. The SMILES string of the molecule is CCCc1nc2cnc3ccccc3c2n1CCC(OC)C(=O)NC. The summed E-state index contributed by atoms with van der Waals surface area (Å²) in [7, 11) is 3.20. The summed E-state index contributed by atoms with van der Waals surface area (Å²) in [5, 5.41) is 3.74. The molecule has 0 aliphatic heterocycles. The molecular formula is C19H24N4O2. The number of amides is 1. The summed E-state index contributed by atoms with van der Waals surface area (Å²) in [5.41, 5.74) is 2.94. The van der Waals surface area contributed by atoms with Gasteiger partial charge in [-0.25, -0.2) is 4.98 Å². The summed E-state index contributed by atoms with van der Waals surface area (Å²) in [6.45, 7) is 2.81. The highest BCUT2D eigenvalue weighted by molar-refractivity contribution is 6.02. The van der Waals surface area contributed by atoms with Crippen LogP contribution in [0.15, 0.2) is 30.5 Å². The van der Waals surface area contributed by atoms with Crippen LogP contribution in [-0.4, -0.2) is 40.7 Å². The molecule has 3 aromatic rings. The summed E-state index contributed by atoms with van der Waals surface area (Å²) in [6, 6.07) is 8.09. The Labute approximate surface area is 147 Å². The highest BCUT2D eigenvalue weighted by Crippen LogP contribution is 2.25. The van der Waals surface area contributed by atoms with E-state index in [1.165, 1.54) is 0 Å². The number of nitrogens with one attached hydrogen (secondary N) is 1. The zero-order valence-corrected chi connectivity index (χ0v) is 15.0. The molecule has 0 radical (unpaired) electrons. The third-order valence-corrected chi connectivity index (χ3v) is 4.47. The van der Waals surface area contributed by atoms with Gasteiger partial charge in [-0.05, 0) is 12.5 Å². The number of carbonyl (C=O) groups is 1. The van der Waals surface area contributed by atoms with Crippen molar-refractivity contribution in [3.8, 4) is 0 Å². The van der Waals surface area contributed by atoms with Gasteiger partial charge in [-0.1, -0.05) is 25.1 Å². The second-order valence-corrected chi connectivity index (χ2v) is 6.07. The number of rotatable bonds is 7. The molecule has 1 amide bonds. The van der Waals surface area contributed by atoms with Gasteiger partial charge in [-0.2, -0.15) is 0 Å². The topological polar surface area (TPSA) is 69.0 Å². The van der Waals surface area contributed by atoms with Crippen molar-refractivity contribution in [1.82, 2.24) is 19.9 Å². The lowest BCUT2D eigenvalue weighted by Crippen LogP contribution is -2.34. The molecular weight excluding hydrogens is 316 g/mol. The van der Waals surface area contributed by atoms with Crippen LogP contribution in [0.1, 0.15) is 25.6 Å². The fourth-order valence-electron chi connectivity index (χ4n) is 3.23. The van der Waals surface area contributed by atoms with Crippen molar-refractivity contribution in [3.05, 3.63) is 36.3 Å². The molecule has 132 valence electrons. The van der Waals surface area contributed by atoms with Crippen molar-refractivity contribution >= 4 is 27.8 Å². The number of fused-ring (bicyclic) bond motifs is 3. The van der Waals surface area contributed by atoms with Crippen molar-refractivity contribution in [2.75, 3.05) is 14.2 Å². The van der Waals surface area contributed by atoms with E-state index < -0.39 is 6.10 Å². The maximum absolute atomic E-state index is 11.9. The molecule has 0 saturated heterocycles. The normalized spacial score (nSPS) is 12.6. The van der Waals surface area contributed by atoms with E-state index >= 15 is 0 Å². The van der Waals surface area contributed by atoms with E-state index in [2.05, 4.69) is 27.9 Å². The van der Waals surface area contributed by atoms with Gasteiger partial charge in [-0.15, -0.1) is 0 Å². The summed E-state index contributed by atoms with van der Waals surface area (Å²) < 4.78 is 7.56. The van der Waals surface area contributed by atoms with E-state index in [0.29, 0.717) is 13.0 Å². The minimum absolute atomic E-state index is 0.101. The van der Waals surface area contributed by atoms with Crippen LogP contribution in [-0.2, 0) is 22.5 Å². The first-order chi connectivity index (χ1) is 12.2. The molecule has 0 spiro atoms. The van der Waals surface area contributed by atoms with Crippen molar-refractivity contribution < 1.29 is 9.53 Å². The number of methoxy groups -OCH3 is 1. The van der Waals surface area contributed by atoms with Gasteiger partial charge in [0, 0.05) is 38.9 Å². The maximum atomic E-state index is 11.9. The zero-order chi connectivity index (χ0) is 17.8. The average molecular weight is 340 g/mol. The Morgan fingerprint density at radius 1 is 1.32 bits per heavy atom. The standard InChI is InChI=1S/C19H24N4O2/c1-4-7-17-22-15-12-21-14-9-6-5-8-13(14)18(15)23(17)11-10-16(25-3)19(24)20-2/h5-6,8-9,12,16H,4,7,10-11H2,1-3H3,(H,20,24). The third kappa shape index (κ3) is 3.35. The molecule has 0 bridgehead atoms. The molecule has 0 aliphatic rings. The van der Waals surface area contributed by atoms with E-state index in [9.17, 15) is 4.79 Å². The number of para-hydroxylation sites is 1.